The Labute approximate surface area is 150 Å². The minimum Gasteiger partial charge on any atom is -0.504 e. The zero-order valence-corrected chi connectivity index (χ0v) is 14.3. The molecule has 1 aliphatic heterocycles. The van der Waals surface area contributed by atoms with Crippen LogP contribution >= 0.6 is 0 Å². The first kappa shape index (κ1) is 17.5. The topological polar surface area (TPSA) is 82.1 Å². The molecular formula is C20H18O6. The molecule has 0 aromatic heterocycles. The van der Waals surface area contributed by atoms with Gasteiger partial charge in [0.25, 0.3) is 0 Å². The molecule has 1 N–H and O–H groups in total. The number of methoxy groups -OCH3 is 2. The lowest BCUT2D eigenvalue weighted by Gasteiger charge is -2.16. The summed E-state index contributed by atoms with van der Waals surface area (Å²) >= 11 is 0. The number of rotatable bonds is 6. The van der Waals surface area contributed by atoms with Gasteiger partial charge in [0.1, 0.15) is 18.7 Å². The molecule has 0 bridgehead atoms. The van der Waals surface area contributed by atoms with E-state index in [2.05, 4.69) is 0 Å². The van der Waals surface area contributed by atoms with Gasteiger partial charge in [0.2, 0.25) is 0 Å². The molecule has 1 aliphatic rings. The fourth-order valence-electron chi connectivity index (χ4n) is 3.07. The number of benzene rings is 2. The maximum Gasteiger partial charge on any atom is 0.166 e. The molecule has 0 aliphatic carbocycles. The predicted molar refractivity (Wildman–Crippen MR) is 94.9 cm³/mol. The lowest BCUT2D eigenvalue weighted by molar-refractivity contribution is -0.110. The Morgan fingerprint density at radius 3 is 2.50 bits per heavy atom. The van der Waals surface area contributed by atoms with Gasteiger partial charge in [-0.3, -0.25) is 4.79 Å². The molecular weight excluding hydrogens is 336 g/mol. The monoisotopic (exact) mass is 354 g/mol. The Morgan fingerprint density at radius 2 is 1.85 bits per heavy atom. The van der Waals surface area contributed by atoms with E-state index in [9.17, 15) is 14.7 Å². The molecule has 0 radical (unpaired) electrons. The van der Waals surface area contributed by atoms with E-state index in [4.69, 9.17) is 14.2 Å². The quantitative estimate of drug-likeness (QED) is 0.634. The normalized spacial score (nSPS) is 18.2. The fourth-order valence-corrected chi connectivity index (χ4v) is 3.07. The molecule has 2 aromatic rings. The van der Waals surface area contributed by atoms with Crippen molar-refractivity contribution in [3.8, 4) is 23.0 Å². The van der Waals surface area contributed by atoms with Gasteiger partial charge in [-0.2, -0.15) is 0 Å². The Kier molecular flexibility index (Phi) is 4.93. The van der Waals surface area contributed by atoms with E-state index in [0.717, 1.165) is 11.8 Å². The molecule has 0 saturated carbocycles. The third-order valence-electron chi connectivity index (χ3n) is 4.30. The van der Waals surface area contributed by atoms with Crippen LogP contribution in [0.1, 0.15) is 28.7 Å². The third-order valence-corrected chi connectivity index (χ3v) is 4.30. The highest BCUT2D eigenvalue weighted by molar-refractivity contribution is 5.77. The Morgan fingerprint density at radius 1 is 1.08 bits per heavy atom. The van der Waals surface area contributed by atoms with Gasteiger partial charge in [0, 0.05) is 5.56 Å². The number of allylic oxidation sites excluding steroid dienone is 1. The summed E-state index contributed by atoms with van der Waals surface area (Å²) in [6.07, 6.45) is 3.93. The predicted octanol–water partition coefficient (Wildman–Crippen LogP) is 3.04. The van der Waals surface area contributed by atoms with Crippen LogP contribution in [0.25, 0.3) is 6.08 Å². The SMILES string of the molecule is COc1cc(C2Oc3c(OC)cc(/C=C/C=O)cc3C2C=O)ccc1O. The zero-order chi connectivity index (χ0) is 18.7. The summed E-state index contributed by atoms with van der Waals surface area (Å²) in [6.45, 7) is 0. The average Bonchev–Trinajstić information content (AvgIpc) is 3.04. The Hall–Kier alpha value is -3.28. The molecule has 0 fully saturated rings. The standard InChI is InChI=1S/C20H18O6/c1-24-17-10-13(5-6-16(17)23)19-15(11-22)14-8-12(4-3-7-21)9-18(25-2)20(14)26-19/h3-11,15,19,23H,1-2H3/b4-3+. The summed E-state index contributed by atoms with van der Waals surface area (Å²) in [5.74, 6) is 0.720. The summed E-state index contributed by atoms with van der Waals surface area (Å²) in [5.41, 5.74) is 2.11. The van der Waals surface area contributed by atoms with Gasteiger partial charge in [-0.1, -0.05) is 12.1 Å². The van der Waals surface area contributed by atoms with Crippen LogP contribution in [0.3, 0.4) is 0 Å². The number of aromatic hydroxyl groups is 1. The number of carbonyl (C=O) groups is 2. The van der Waals surface area contributed by atoms with Crippen LogP contribution in [0.2, 0.25) is 0 Å². The summed E-state index contributed by atoms with van der Waals surface area (Å²) < 4.78 is 16.6. The molecule has 3 rings (SSSR count). The van der Waals surface area contributed by atoms with Gasteiger partial charge in [-0.25, -0.2) is 0 Å². The molecule has 1 heterocycles. The highest BCUT2D eigenvalue weighted by Crippen LogP contribution is 2.50. The smallest absolute Gasteiger partial charge is 0.166 e. The molecule has 134 valence electrons. The lowest BCUT2D eigenvalue weighted by atomic mass is 9.91. The molecule has 0 amide bonds. The molecule has 2 aromatic carbocycles. The van der Waals surface area contributed by atoms with E-state index < -0.39 is 12.0 Å². The van der Waals surface area contributed by atoms with Gasteiger partial charge < -0.3 is 24.1 Å². The number of ether oxygens (including phenoxy) is 3. The van der Waals surface area contributed by atoms with E-state index in [1.807, 2.05) is 0 Å². The third kappa shape index (κ3) is 3.01. The first-order valence-electron chi connectivity index (χ1n) is 7.95. The molecule has 2 atom stereocenters. The van der Waals surface area contributed by atoms with Gasteiger partial charge in [0.05, 0.1) is 20.1 Å². The van der Waals surface area contributed by atoms with E-state index in [1.54, 1.807) is 30.3 Å². The van der Waals surface area contributed by atoms with Crippen molar-refractivity contribution < 1.29 is 28.9 Å². The minimum atomic E-state index is -0.573. The molecule has 0 spiro atoms. The second-order valence-corrected chi connectivity index (χ2v) is 5.77. The van der Waals surface area contributed by atoms with Gasteiger partial charge in [-0.05, 0) is 41.5 Å². The van der Waals surface area contributed by atoms with Gasteiger partial charge in [0.15, 0.2) is 23.0 Å². The highest BCUT2D eigenvalue weighted by atomic mass is 16.5. The van der Waals surface area contributed by atoms with Crippen LogP contribution in [-0.2, 0) is 9.59 Å². The fraction of sp³-hybridized carbons (Fsp3) is 0.200. The number of hydrogen-bond acceptors (Lipinski definition) is 6. The number of aldehydes is 2. The van der Waals surface area contributed by atoms with Crippen LogP contribution in [0.15, 0.2) is 36.4 Å². The molecule has 6 nitrogen and oxygen atoms in total. The molecule has 26 heavy (non-hydrogen) atoms. The maximum absolute atomic E-state index is 11.8. The summed E-state index contributed by atoms with van der Waals surface area (Å²) in [5, 5.41) is 9.78. The maximum atomic E-state index is 11.8. The minimum absolute atomic E-state index is 0.00767. The van der Waals surface area contributed by atoms with Crippen molar-refractivity contribution in [2.75, 3.05) is 14.2 Å². The van der Waals surface area contributed by atoms with Crippen LogP contribution < -0.4 is 14.2 Å². The van der Waals surface area contributed by atoms with Crippen molar-refractivity contribution in [3.05, 3.63) is 53.1 Å². The second kappa shape index (κ2) is 7.31. The first-order valence-corrected chi connectivity index (χ1v) is 7.95. The summed E-state index contributed by atoms with van der Waals surface area (Å²) in [4.78, 5) is 22.4. The zero-order valence-electron chi connectivity index (χ0n) is 14.3. The van der Waals surface area contributed by atoms with E-state index in [0.29, 0.717) is 34.7 Å². The van der Waals surface area contributed by atoms with E-state index in [1.165, 1.54) is 26.4 Å². The van der Waals surface area contributed by atoms with Crippen LogP contribution in [0, 0.1) is 0 Å². The van der Waals surface area contributed by atoms with Crippen molar-refractivity contribution in [2.24, 2.45) is 0 Å². The highest BCUT2D eigenvalue weighted by Gasteiger charge is 2.38. The van der Waals surface area contributed by atoms with Crippen LogP contribution in [-0.4, -0.2) is 31.9 Å². The first-order chi connectivity index (χ1) is 12.6. The van der Waals surface area contributed by atoms with Crippen molar-refractivity contribution in [1.82, 2.24) is 0 Å². The van der Waals surface area contributed by atoms with E-state index >= 15 is 0 Å². The molecule has 0 saturated heterocycles. The number of phenols is 1. The summed E-state index contributed by atoms with van der Waals surface area (Å²) in [7, 11) is 2.97. The van der Waals surface area contributed by atoms with Gasteiger partial charge in [-0.15, -0.1) is 0 Å². The van der Waals surface area contributed by atoms with Crippen LogP contribution in [0.4, 0.5) is 0 Å². The second-order valence-electron chi connectivity index (χ2n) is 5.77. The van der Waals surface area contributed by atoms with Crippen molar-refractivity contribution in [2.45, 2.75) is 12.0 Å². The van der Waals surface area contributed by atoms with Crippen molar-refractivity contribution >= 4 is 18.6 Å². The number of phenolic OH excluding ortho intramolecular Hbond substituents is 1. The van der Waals surface area contributed by atoms with Crippen molar-refractivity contribution in [3.63, 3.8) is 0 Å². The van der Waals surface area contributed by atoms with E-state index in [-0.39, 0.29) is 5.75 Å². The average molecular weight is 354 g/mol. The van der Waals surface area contributed by atoms with Crippen molar-refractivity contribution in [1.29, 1.82) is 0 Å². The lowest BCUT2D eigenvalue weighted by Crippen LogP contribution is -2.11. The number of hydrogen-bond donors (Lipinski definition) is 1. The molecule has 6 heteroatoms. The number of carbonyl (C=O) groups excluding carboxylic acids is 2. The largest absolute Gasteiger partial charge is 0.504 e. The van der Waals surface area contributed by atoms with Crippen LogP contribution in [0.5, 0.6) is 23.0 Å². The van der Waals surface area contributed by atoms with Gasteiger partial charge >= 0.3 is 0 Å². The Bertz CT molecular complexity index is 871. The molecule has 2 unspecified atom stereocenters. The number of fused-ring (bicyclic) bond motifs is 1. The summed E-state index contributed by atoms with van der Waals surface area (Å²) in [6, 6.07) is 8.36. The Balaban J connectivity index is 2.07.